The van der Waals surface area contributed by atoms with Crippen molar-refractivity contribution in [1.29, 1.82) is 0 Å². The fourth-order valence-electron chi connectivity index (χ4n) is 3.45. The second kappa shape index (κ2) is 9.54. The molecule has 0 amide bonds. The summed E-state index contributed by atoms with van der Waals surface area (Å²) in [7, 11) is 1.21. The number of methoxy groups -OCH3 is 1. The Morgan fingerprint density at radius 3 is 2.03 bits per heavy atom. The molecule has 2 rings (SSSR count). The maximum absolute atomic E-state index is 12.7. The Morgan fingerprint density at radius 1 is 1.03 bits per heavy atom. The molecule has 0 radical (unpaired) electrons. The predicted molar refractivity (Wildman–Crippen MR) is 108 cm³/mol. The Balaban J connectivity index is 2.00. The van der Waals surface area contributed by atoms with Crippen LogP contribution in [0.3, 0.4) is 0 Å². The third kappa shape index (κ3) is 6.91. The van der Waals surface area contributed by atoms with E-state index < -0.39 is 34.9 Å². The van der Waals surface area contributed by atoms with Gasteiger partial charge >= 0.3 is 18.1 Å². The van der Waals surface area contributed by atoms with Crippen molar-refractivity contribution in [2.45, 2.75) is 51.2 Å². The number of carbonyl (C=O) groups is 2. The fraction of sp³-hybridized carbons (Fsp3) is 0.619. The van der Waals surface area contributed by atoms with Gasteiger partial charge in [0.05, 0.1) is 19.1 Å². The van der Waals surface area contributed by atoms with E-state index in [4.69, 9.17) is 15.2 Å². The van der Waals surface area contributed by atoms with E-state index in [2.05, 4.69) is 0 Å². The summed E-state index contributed by atoms with van der Waals surface area (Å²) in [5.41, 5.74) is 4.02. The lowest BCUT2D eigenvalue weighted by atomic mass is 10.0. The minimum absolute atomic E-state index is 0.351. The van der Waals surface area contributed by atoms with Gasteiger partial charge in [-0.3, -0.25) is 14.6 Å². The molecule has 1 aliphatic heterocycles. The van der Waals surface area contributed by atoms with Crippen LogP contribution in [0.1, 0.15) is 38.3 Å². The van der Waals surface area contributed by atoms with Crippen LogP contribution in [0.4, 0.5) is 13.2 Å². The number of esters is 2. The average Bonchev–Trinajstić information content (AvgIpc) is 2.66. The van der Waals surface area contributed by atoms with Gasteiger partial charge in [0.1, 0.15) is 5.60 Å². The van der Waals surface area contributed by atoms with Crippen LogP contribution >= 0.6 is 0 Å². The first-order valence-corrected chi connectivity index (χ1v) is 9.97. The highest BCUT2D eigenvalue weighted by Gasteiger charge is 2.45. The Bertz CT molecular complexity index is 770. The van der Waals surface area contributed by atoms with Crippen molar-refractivity contribution in [2.75, 3.05) is 33.3 Å². The number of piperazine rings is 1. The highest BCUT2D eigenvalue weighted by atomic mass is 19.4. The molecule has 1 fully saturated rings. The van der Waals surface area contributed by atoms with Crippen LogP contribution in [-0.4, -0.2) is 66.3 Å². The molecule has 0 bridgehead atoms. The summed E-state index contributed by atoms with van der Waals surface area (Å²) in [6, 6.07) is 5.04. The van der Waals surface area contributed by atoms with E-state index in [-0.39, 0.29) is 6.42 Å². The van der Waals surface area contributed by atoms with Gasteiger partial charge in [-0.15, -0.1) is 0 Å². The van der Waals surface area contributed by atoms with Crippen LogP contribution in [0.15, 0.2) is 24.3 Å². The second-order valence-corrected chi connectivity index (χ2v) is 8.64. The number of alkyl halides is 3. The second-order valence-electron chi connectivity index (χ2n) is 8.64. The largest absolute Gasteiger partial charge is 0.467 e. The molecule has 0 aliphatic carbocycles. The van der Waals surface area contributed by atoms with Crippen molar-refractivity contribution < 1.29 is 32.2 Å². The molecule has 31 heavy (non-hydrogen) atoms. The molecule has 0 spiro atoms. The molecule has 10 heteroatoms. The summed E-state index contributed by atoms with van der Waals surface area (Å²) in [4.78, 5) is 28.5. The highest BCUT2D eigenvalue weighted by molar-refractivity contribution is 5.86. The molecule has 1 aromatic carbocycles. The van der Waals surface area contributed by atoms with E-state index >= 15 is 0 Å². The van der Waals surface area contributed by atoms with E-state index in [1.165, 1.54) is 19.2 Å². The van der Waals surface area contributed by atoms with Gasteiger partial charge in [-0.05, 0) is 38.5 Å². The third-order valence-electron chi connectivity index (χ3n) is 5.00. The average molecular weight is 445 g/mol. The fourth-order valence-corrected chi connectivity index (χ4v) is 3.45. The summed E-state index contributed by atoms with van der Waals surface area (Å²) >= 11 is 0. The molecule has 7 nitrogen and oxygen atoms in total. The lowest BCUT2D eigenvalue weighted by molar-refractivity contribution is -0.169. The molecular weight excluding hydrogens is 415 g/mol. The van der Waals surface area contributed by atoms with Crippen LogP contribution in [0.2, 0.25) is 0 Å². The van der Waals surface area contributed by atoms with Crippen LogP contribution in [0, 0.1) is 0 Å². The van der Waals surface area contributed by atoms with Crippen LogP contribution in [0.5, 0.6) is 0 Å². The Labute approximate surface area is 180 Å². The summed E-state index contributed by atoms with van der Waals surface area (Å²) < 4.78 is 48.3. The monoisotopic (exact) mass is 445 g/mol. The number of ether oxygens (including phenoxy) is 2. The lowest BCUT2D eigenvalue weighted by Gasteiger charge is -2.43. The standard InChI is InChI=1S/C21H30F3N3O4/c1-19(2,3)31-17(28)13-20(25,18(29)30-4)27-11-9-26(10-12-27)14-15-5-7-16(8-6-15)21(22,23)24/h5-8H,9-14,25H2,1-4H3. The van der Waals surface area contributed by atoms with Crippen molar-refractivity contribution >= 4 is 11.9 Å². The Morgan fingerprint density at radius 2 is 1.58 bits per heavy atom. The number of benzene rings is 1. The zero-order valence-electron chi connectivity index (χ0n) is 18.3. The SMILES string of the molecule is COC(=O)C(N)(CC(=O)OC(C)(C)C)N1CCN(Cc2ccc(C(F)(F)F)cc2)CC1. The molecular formula is C21H30F3N3O4. The van der Waals surface area contributed by atoms with Crippen molar-refractivity contribution in [3.63, 3.8) is 0 Å². The van der Waals surface area contributed by atoms with E-state index in [1.54, 1.807) is 25.7 Å². The number of hydrogen-bond acceptors (Lipinski definition) is 7. The van der Waals surface area contributed by atoms with Crippen molar-refractivity contribution in [1.82, 2.24) is 9.80 Å². The molecule has 1 aromatic rings. The van der Waals surface area contributed by atoms with Crippen molar-refractivity contribution in [2.24, 2.45) is 5.73 Å². The van der Waals surface area contributed by atoms with Crippen LogP contribution in [0.25, 0.3) is 0 Å². The summed E-state index contributed by atoms with van der Waals surface area (Å²) in [5.74, 6) is -1.33. The molecule has 2 N–H and O–H groups in total. The highest BCUT2D eigenvalue weighted by Crippen LogP contribution is 2.29. The van der Waals surface area contributed by atoms with Gasteiger partial charge < -0.3 is 15.2 Å². The summed E-state index contributed by atoms with van der Waals surface area (Å²) in [5, 5.41) is 0. The molecule has 1 saturated heterocycles. The van der Waals surface area contributed by atoms with E-state index in [9.17, 15) is 22.8 Å². The molecule has 0 saturated carbocycles. The zero-order chi connectivity index (χ0) is 23.4. The van der Waals surface area contributed by atoms with Crippen molar-refractivity contribution in [3.05, 3.63) is 35.4 Å². The van der Waals surface area contributed by atoms with Gasteiger partial charge in [0.2, 0.25) is 0 Å². The minimum atomic E-state index is -4.36. The first-order chi connectivity index (χ1) is 14.2. The van der Waals surface area contributed by atoms with E-state index in [0.717, 1.165) is 17.7 Å². The van der Waals surface area contributed by atoms with Gasteiger partial charge in [-0.25, -0.2) is 4.79 Å². The van der Waals surface area contributed by atoms with E-state index in [0.29, 0.717) is 32.7 Å². The Kier molecular flexibility index (Phi) is 7.72. The topological polar surface area (TPSA) is 85.1 Å². The van der Waals surface area contributed by atoms with Crippen molar-refractivity contribution in [3.8, 4) is 0 Å². The molecule has 1 aliphatic rings. The molecule has 0 aromatic heterocycles. The quantitative estimate of drug-likeness (QED) is 0.673. The lowest BCUT2D eigenvalue weighted by Crippen LogP contribution is -2.67. The van der Waals surface area contributed by atoms with Gasteiger partial charge in [0, 0.05) is 32.7 Å². The number of nitrogens with two attached hydrogens (primary N) is 1. The summed E-state index contributed by atoms with van der Waals surface area (Å²) in [6.45, 7) is 7.44. The van der Waals surface area contributed by atoms with Crippen LogP contribution < -0.4 is 5.73 Å². The predicted octanol–water partition coefficient (Wildman–Crippen LogP) is 2.38. The number of hydrogen-bond donors (Lipinski definition) is 1. The molecule has 1 atom stereocenters. The molecule has 1 unspecified atom stereocenters. The van der Waals surface area contributed by atoms with Gasteiger partial charge in [-0.1, -0.05) is 12.1 Å². The number of carbonyl (C=O) groups excluding carboxylic acids is 2. The first kappa shape index (κ1) is 25.1. The van der Waals surface area contributed by atoms with Gasteiger partial charge in [0.25, 0.3) is 0 Å². The van der Waals surface area contributed by atoms with Gasteiger partial charge in [0.15, 0.2) is 5.66 Å². The van der Waals surface area contributed by atoms with E-state index in [1.807, 2.05) is 4.90 Å². The zero-order valence-corrected chi connectivity index (χ0v) is 18.3. The maximum atomic E-state index is 12.7. The number of nitrogens with zero attached hydrogens (tertiary/aromatic N) is 2. The Hall–Kier alpha value is -2.17. The maximum Gasteiger partial charge on any atom is 0.416 e. The summed E-state index contributed by atoms with van der Waals surface area (Å²) in [6.07, 6.45) is -4.72. The van der Waals surface area contributed by atoms with Gasteiger partial charge in [-0.2, -0.15) is 13.2 Å². The number of rotatable bonds is 6. The molecule has 174 valence electrons. The molecule has 1 heterocycles. The minimum Gasteiger partial charge on any atom is -0.467 e. The smallest absolute Gasteiger partial charge is 0.416 e. The third-order valence-corrected chi connectivity index (χ3v) is 5.00. The first-order valence-electron chi connectivity index (χ1n) is 9.97. The normalized spacial score (nSPS) is 18.3. The number of halogens is 3. The van der Waals surface area contributed by atoms with Crippen LogP contribution in [-0.2, 0) is 31.8 Å².